The number of carbonyl (C=O) groups is 5. The van der Waals surface area contributed by atoms with Gasteiger partial charge in [0.05, 0.1) is 13.0 Å². The van der Waals surface area contributed by atoms with Crippen molar-refractivity contribution in [3.63, 3.8) is 0 Å². The Hall–Kier alpha value is -2.69. The van der Waals surface area contributed by atoms with Crippen molar-refractivity contribution < 1.29 is 29.1 Å². The Balaban J connectivity index is 4.55. The fraction of sp³-hybridized carbons (Fsp3) is 0.583. The van der Waals surface area contributed by atoms with Crippen molar-refractivity contribution in [2.75, 3.05) is 13.6 Å². The second kappa shape index (κ2) is 10.1. The molecule has 0 aromatic carbocycles. The first-order chi connectivity index (χ1) is 10.7. The maximum Gasteiger partial charge on any atom is 0.305 e. The molecule has 0 spiro atoms. The van der Waals surface area contributed by atoms with Gasteiger partial charge >= 0.3 is 5.97 Å². The number of primary amides is 1. The van der Waals surface area contributed by atoms with Crippen molar-refractivity contribution in [1.29, 1.82) is 0 Å². The normalized spacial score (nSPS) is 14.0. The molecule has 0 bridgehead atoms. The molecule has 11 nitrogen and oxygen atoms in total. The van der Waals surface area contributed by atoms with Crippen LogP contribution in [0.1, 0.15) is 13.3 Å². The van der Waals surface area contributed by atoms with E-state index in [4.69, 9.17) is 10.8 Å². The summed E-state index contributed by atoms with van der Waals surface area (Å²) in [5.41, 5.74) is 5.16. The highest BCUT2D eigenvalue weighted by atomic mass is 16.4. The molecule has 0 radical (unpaired) electrons. The van der Waals surface area contributed by atoms with Gasteiger partial charge < -0.3 is 32.1 Å². The molecule has 0 fully saturated rings. The molecule has 3 unspecified atom stereocenters. The van der Waals surface area contributed by atoms with Crippen LogP contribution >= 0.6 is 0 Å². The zero-order valence-corrected chi connectivity index (χ0v) is 12.8. The van der Waals surface area contributed by atoms with E-state index in [2.05, 4.69) is 16.0 Å². The number of aliphatic carboxylic acids is 1. The van der Waals surface area contributed by atoms with Gasteiger partial charge in [0.25, 0.3) is 0 Å². The molecule has 23 heavy (non-hydrogen) atoms. The molecule has 4 amide bonds. The highest BCUT2D eigenvalue weighted by Crippen LogP contribution is 1.93. The van der Waals surface area contributed by atoms with Gasteiger partial charge in [-0.05, 0) is 14.0 Å². The van der Waals surface area contributed by atoms with E-state index in [0.29, 0.717) is 0 Å². The topological polar surface area (TPSA) is 180 Å². The second-order valence-electron chi connectivity index (χ2n) is 4.68. The molecule has 3 atom stereocenters. The van der Waals surface area contributed by atoms with E-state index in [9.17, 15) is 24.0 Å². The number of nitrogens with two attached hydrogens (primary N) is 1. The highest BCUT2D eigenvalue weighted by Gasteiger charge is 2.25. The van der Waals surface area contributed by atoms with Gasteiger partial charge in [0.15, 0.2) is 0 Å². The molecule has 0 aromatic rings. The summed E-state index contributed by atoms with van der Waals surface area (Å²) in [6.45, 7) is 1.13. The number of amides is 4. The fourth-order valence-corrected chi connectivity index (χ4v) is 1.61. The van der Waals surface area contributed by atoms with Gasteiger partial charge in [-0.2, -0.15) is 0 Å². The summed E-state index contributed by atoms with van der Waals surface area (Å²) in [6, 6.07) is -2.71. The standard InChI is InChI=1S/C12H21N5O6/c1-6(14-2)10(11(13)22)17-8(19)4-15-12(23)7(16-5-18)3-9(20)21/h5-7,10,14H,3-4H2,1-2H3,(H2,13,22)(H,15,23)(H,16,18)(H,17,19)(H,20,21). The van der Waals surface area contributed by atoms with Crippen LogP contribution in [-0.4, -0.2) is 66.9 Å². The third kappa shape index (κ3) is 7.76. The van der Waals surface area contributed by atoms with Crippen molar-refractivity contribution in [2.24, 2.45) is 5.73 Å². The third-order valence-electron chi connectivity index (χ3n) is 2.97. The van der Waals surface area contributed by atoms with E-state index < -0.39 is 54.8 Å². The maximum absolute atomic E-state index is 11.7. The molecule has 0 rings (SSSR count). The van der Waals surface area contributed by atoms with Crippen molar-refractivity contribution in [3.05, 3.63) is 0 Å². The zero-order chi connectivity index (χ0) is 18.0. The average molecular weight is 331 g/mol. The Morgan fingerprint density at radius 2 is 1.87 bits per heavy atom. The van der Waals surface area contributed by atoms with Gasteiger partial charge in [-0.15, -0.1) is 0 Å². The molecule has 0 heterocycles. The smallest absolute Gasteiger partial charge is 0.305 e. The van der Waals surface area contributed by atoms with Gasteiger partial charge in [0.2, 0.25) is 24.1 Å². The van der Waals surface area contributed by atoms with Crippen LogP contribution in [0.15, 0.2) is 0 Å². The minimum Gasteiger partial charge on any atom is -0.481 e. The summed E-state index contributed by atoms with van der Waals surface area (Å²) in [7, 11) is 1.58. The van der Waals surface area contributed by atoms with E-state index >= 15 is 0 Å². The monoisotopic (exact) mass is 331 g/mol. The molecule has 7 N–H and O–H groups in total. The molecule has 0 aliphatic rings. The lowest BCUT2D eigenvalue weighted by Gasteiger charge is -2.22. The van der Waals surface area contributed by atoms with Crippen LogP contribution in [-0.2, 0) is 24.0 Å². The summed E-state index contributed by atoms with van der Waals surface area (Å²) in [4.78, 5) is 55.6. The highest BCUT2D eigenvalue weighted by molar-refractivity contribution is 5.92. The first-order valence-corrected chi connectivity index (χ1v) is 6.68. The van der Waals surface area contributed by atoms with Crippen molar-refractivity contribution in [1.82, 2.24) is 21.3 Å². The van der Waals surface area contributed by atoms with Crippen molar-refractivity contribution in [3.8, 4) is 0 Å². The summed E-state index contributed by atoms with van der Waals surface area (Å²) >= 11 is 0. The predicted octanol–water partition coefficient (Wildman–Crippen LogP) is -3.73. The molecule has 0 aliphatic heterocycles. The summed E-state index contributed by atoms with van der Waals surface area (Å²) in [5, 5.41) is 17.9. The van der Waals surface area contributed by atoms with Gasteiger partial charge in [0.1, 0.15) is 12.1 Å². The minimum absolute atomic E-state index is 0.185. The van der Waals surface area contributed by atoms with E-state index in [-0.39, 0.29) is 6.41 Å². The second-order valence-corrected chi connectivity index (χ2v) is 4.68. The quantitative estimate of drug-likeness (QED) is 0.210. The van der Waals surface area contributed by atoms with Gasteiger partial charge in [-0.25, -0.2) is 0 Å². The predicted molar refractivity (Wildman–Crippen MR) is 77.9 cm³/mol. The third-order valence-corrected chi connectivity index (χ3v) is 2.97. The summed E-state index contributed by atoms with van der Waals surface area (Å²) in [6.07, 6.45) is -0.447. The number of nitrogens with one attached hydrogen (secondary N) is 4. The van der Waals surface area contributed by atoms with Gasteiger partial charge in [-0.1, -0.05) is 0 Å². The Bertz CT molecular complexity index is 469. The Kier molecular flexibility index (Phi) is 8.92. The number of carboxylic acids is 1. The van der Waals surface area contributed by atoms with Crippen molar-refractivity contribution >= 4 is 30.1 Å². The molecule has 130 valence electrons. The molecule has 0 saturated heterocycles. The van der Waals surface area contributed by atoms with Crippen LogP contribution in [0.2, 0.25) is 0 Å². The lowest BCUT2D eigenvalue weighted by molar-refractivity contribution is -0.140. The maximum atomic E-state index is 11.7. The van der Waals surface area contributed by atoms with E-state index in [1.54, 1.807) is 14.0 Å². The number of hydrogen-bond acceptors (Lipinski definition) is 6. The van der Waals surface area contributed by atoms with Gasteiger partial charge in [-0.3, -0.25) is 24.0 Å². The molecule has 0 aliphatic carbocycles. The van der Waals surface area contributed by atoms with Crippen molar-refractivity contribution in [2.45, 2.75) is 31.5 Å². The fourth-order valence-electron chi connectivity index (χ4n) is 1.61. The lowest BCUT2D eigenvalue weighted by atomic mass is 10.1. The van der Waals surface area contributed by atoms with Crippen LogP contribution in [0.25, 0.3) is 0 Å². The summed E-state index contributed by atoms with van der Waals surface area (Å²) in [5.74, 6) is -3.57. The van der Waals surface area contributed by atoms with Crippen LogP contribution in [0.5, 0.6) is 0 Å². The van der Waals surface area contributed by atoms with Gasteiger partial charge in [0, 0.05) is 6.04 Å². The molecular weight excluding hydrogens is 310 g/mol. The van der Waals surface area contributed by atoms with E-state index in [0.717, 1.165) is 0 Å². The number of carbonyl (C=O) groups excluding carboxylic acids is 4. The summed E-state index contributed by atoms with van der Waals surface area (Å²) < 4.78 is 0. The Morgan fingerprint density at radius 1 is 1.26 bits per heavy atom. The van der Waals surface area contributed by atoms with Crippen LogP contribution < -0.4 is 27.0 Å². The lowest BCUT2D eigenvalue weighted by Crippen LogP contribution is -2.56. The largest absolute Gasteiger partial charge is 0.481 e. The minimum atomic E-state index is -1.30. The number of rotatable bonds is 11. The number of likely N-dealkylation sites (N-methyl/N-ethyl adjacent to an activating group) is 1. The first-order valence-electron chi connectivity index (χ1n) is 6.68. The number of hydrogen-bond donors (Lipinski definition) is 6. The Morgan fingerprint density at radius 3 is 2.30 bits per heavy atom. The van der Waals surface area contributed by atoms with E-state index in [1.807, 2.05) is 5.32 Å². The average Bonchev–Trinajstić information content (AvgIpc) is 2.48. The van der Waals surface area contributed by atoms with Crippen LogP contribution in [0, 0.1) is 0 Å². The Labute approximate surface area is 132 Å². The van der Waals surface area contributed by atoms with Crippen LogP contribution in [0.4, 0.5) is 0 Å². The molecule has 0 aromatic heterocycles. The molecule has 0 saturated carbocycles. The zero-order valence-electron chi connectivity index (χ0n) is 12.8. The molecule has 11 heteroatoms. The SMILES string of the molecule is CNC(C)C(NC(=O)CNC(=O)C(CC(=O)O)NC=O)C(N)=O. The van der Waals surface area contributed by atoms with Crippen LogP contribution in [0.3, 0.4) is 0 Å². The first kappa shape index (κ1) is 20.3. The molecular formula is C12H21N5O6. The number of carboxylic acid groups (broad SMARTS) is 1. The van der Waals surface area contributed by atoms with E-state index in [1.165, 1.54) is 0 Å².